The molecular weight excluding hydrogens is 238 g/mol. The van der Waals surface area contributed by atoms with Crippen molar-refractivity contribution in [2.75, 3.05) is 0 Å². The molecule has 1 amide bonds. The number of nitrogens with one attached hydrogen (secondary N) is 1. The van der Waals surface area contributed by atoms with E-state index in [1.165, 1.54) is 12.8 Å². The predicted molar refractivity (Wildman–Crippen MR) is 72.5 cm³/mol. The molecule has 1 aromatic heterocycles. The van der Waals surface area contributed by atoms with Crippen LogP contribution in [0, 0.1) is 11.8 Å². The van der Waals surface area contributed by atoms with Gasteiger partial charge >= 0.3 is 0 Å². The second-order valence-electron chi connectivity index (χ2n) is 5.78. The van der Waals surface area contributed by atoms with Gasteiger partial charge in [0.05, 0.1) is 6.04 Å². The molecule has 1 aromatic carbocycles. The molecule has 19 heavy (non-hydrogen) atoms. The van der Waals surface area contributed by atoms with Crippen molar-refractivity contribution in [3.05, 3.63) is 36.1 Å². The third kappa shape index (κ3) is 2.14. The van der Waals surface area contributed by atoms with E-state index < -0.39 is 0 Å². The minimum absolute atomic E-state index is 0.0699. The molecule has 2 aliphatic rings. The average molecular weight is 255 g/mol. The molecular formula is C16H17NO2. The number of carbonyl (C=O) groups excluding carboxylic acids is 1. The fourth-order valence-electron chi connectivity index (χ4n) is 2.62. The van der Waals surface area contributed by atoms with E-state index in [0.29, 0.717) is 5.92 Å². The fraction of sp³-hybridized carbons (Fsp3) is 0.438. The number of amides is 1. The summed E-state index contributed by atoms with van der Waals surface area (Å²) < 4.78 is 5.92. The van der Waals surface area contributed by atoms with Crippen LogP contribution in [0.4, 0.5) is 0 Å². The molecule has 1 heterocycles. The van der Waals surface area contributed by atoms with Gasteiger partial charge in [0.25, 0.3) is 0 Å². The Morgan fingerprint density at radius 2 is 2.00 bits per heavy atom. The molecule has 1 atom stereocenters. The third-order valence-corrected chi connectivity index (χ3v) is 4.09. The lowest BCUT2D eigenvalue weighted by molar-refractivity contribution is -0.123. The van der Waals surface area contributed by atoms with Gasteiger partial charge in [0.1, 0.15) is 11.3 Å². The normalized spacial score (nSPS) is 20.4. The van der Waals surface area contributed by atoms with Crippen molar-refractivity contribution in [2.45, 2.75) is 31.7 Å². The van der Waals surface area contributed by atoms with Crippen LogP contribution in [0.25, 0.3) is 11.0 Å². The van der Waals surface area contributed by atoms with Crippen molar-refractivity contribution in [1.82, 2.24) is 5.32 Å². The summed E-state index contributed by atoms with van der Waals surface area (Å²) in [7, 11) is 0. The molecule has 98 valence electrons. The van der Waals surface area contributed by atoms with Crippen LogP contribution in [-0.4, -0.2) is 5.91 Å². The van der Waals surface area contributed by atoms with E-state index in [-0.39, 0.29) is 17.9 Å². The highest BCUT2D eigenvalue weighted by atomic mass is 16.3. The van der Waals surface area contributed by atoms with Gasteiger partial charge in [0.2, 0.25) is 5.91 Å². The van der Waals surface area contributed by atoms with E-state index in [0.717, 1.165) is 29.6 Å². The van der Waals surface area contributed by atoms with Crippen LogP contribution in [0.2, 0.25) is 0 Å². The molecule has 3 nitrogen and oxygen atoms in total. The van der Waals surface area contributed by atoms with Crippen molar-refractivity contribution in [2.24, 2.45) is 11.8 Å². The summed E-state index contributed by atoms with van der Waals surface area (Å²) in [6.45, 7) is 0. The number of carbonyl (C=O) groups is 1. The van der Waals surface area contributed by atoms with E-state index in [4.69, 9.17) is 4.42 Å². The monoisotopic (exact) mass is 255 g/mol. The van der Waals surface area contributed by atoms with Crippen LogP contribution in [-0.2, 0) is 4.79 Å². The van der Waals surface area contributed by atoms with E-state index in [2.05, 4.69) is 17.4 Å². The zero-order chi connectivity index (χ0) is 12.8. The van der Waals surface area contributed by atoms with Crippen molar-refractivity contribution >= 4 is 16.9 Å². The van der Waals surface area contributed by atoms with E-state index in [9.17, 15) is 4.79 Å². The van der Waals surface area contributed by atoms with Crippen LogP contribution in [0.15, 0.2) is 34.7 Å². The summed E-state index contributed by atoms with van der Waals surface area (Å²) in [4.78, 5) is 12.0. The lowest BCUT2D eigenvalue weighted by Crippen LogP contribution is -2.30. The SMILES string of the molecule is O=C(NC(c1cc2ccccc2o1)C1CC1)C1CC1. The maximum atomic E-state index is 12.0. The number of fused-ring (bicyclic) bond motifs is 1. The number of hydrogen-bond donors (Lipinski definition) is 1. The van der Waals surface area contributed by atoms with Gasteiger partial charge in [-0.3, -0.25) is 4.79 Å². The summed E-state index contributed by atoms with van der Waals surface area (Å²) in [5.74, 6) is 1.93. The smallest absolute Gasteiger partial charge is 0.223 e. The second-order valence-corrected chi connectivity index (χ2v) is 5.78. The molecule has 0 spiro atoms. The largest absolute Gasteiger partial charge is 0.459 e. The molecule has 0 radical (unpaired) electrons. The molecule has 1 N–H and O–H groups in total. The Bertz CT molecular complexity index is 589. The molecule has 0 aliphatic heterocycles. The lowest BCUT2D eigenvalue weighted by Gasteiger charge is -2.15. The number of furan rings is 1. The Labute approximate surface area is 112 Å². The highest BCUT2D eigenvalue weighted by Gasteiger charge is 2.38. The van der Waals surface area contributed by atoms with Gasteiger partial charge in [-0.05, 0) is 43.7 Å². The summed E-state index contributed by atoms with van der Waals surface area (Å²) in [5, 5.41) is 4.30. The number of rotatable bonds is 4. The highest BCUT2D eigenvalue weighted by molar-refractivity contribution is 5.82. The molecule has 3 heteroatoms. The first-order valence-corrected chi connectivity index (χ1v) is 7.10. The molecule has 0 bridgehead atoms. The first-order chi connectivity index (χ1) is 9.31. The lowest BCUT2D eigenvalue weighted by atomic mass is 10.1. The number of hydrogen-bond acceptors (Lipinski definition) is 2. The molecule has 0 saturated heterocycles. The number of para-hydroxylation sites is 1. The van der Waals surface area contributed by atoms with Crippen molar-refractivity contribution in [3.63, 3.8) is 0 Å². The standard InChI is InChI=1S/C16H17NO2/c18-16(11-7-8-11)17-15(10-5-6-10)14-9-12-3-1-2-4-13(12)19-14/h1-4,9-11,15H,5-8H2,(H,17,18). The van der Waals surface area contributed by atoms with Crippen molar-refractivity contribution < 1.29 is 9.21 Å². The van der Waals surface area contributed by atoms with Gasteiger partial charge in [-0.15, -0.1) is 0 Å². The van der Waals surface area contributed by atoms with Crippen LogP contribution in [0.1, 0.15) is 37.5 Å². The second kappa shape index (κ2) is 4.12. The summed E-state index contributed by atoms with van der Waals surface area (Å²) >= 11 is 0. The minimum atomic E-state index is 0.0699. The Hall–Kier alpha value is -1.77. The van der Waals surface area contributed by atoms with Crippen LogP contribution in [0.5, 0.6) is 0 Å². The molecule has 2 aromatic rings. The first-order valence-electron chi connectivity index (χ1n) is 7.10. The molecule has 2 saturated carbocycles. The first kappa shape index (κ1) is 11.1. The summed E-state index contributed by atoms with van der Waals surface area (Å²) in [6.07, 6.45) is 4.46. The molecule has 4 rings (SSSR count). The summed E-state index contributed by atoms with van der Waals surface area (Å²) in [5.41, 5.74) is 0.906. The third-order valence-electron chi connectivity index (χ3n) is 4.09. The Balaban J connectivity index is 1.63. The van der Waals surface area contributed by atoms with Crippen LogP contribution in [0.3, 0.4) is 0 Å². The van der Waals surface area contributed by atoms with Gasteiger partial charge in [-0.2, -0.15) is 0 Å². The van der Waals surface area contributed by atoms with E-state index >= 15 is 0 Å². The zero-order valence-corrected chi connectivity index (χ0v) is 10.8. The molecule has 2 aliphatic carbocycles. The van der Waals surface area contributed by atoms with Crippen LogP contribution >= 0.6 is 0 Å². The highest BCUT2D eigenvalue weighted by Crippen LogP contribution is 2.43. The fourth-order valence-corrected chi connectivity index (χ4v) is 2.62. The Morgan fingerprint density at radius 1 is 1.21 bits per heavy atom. The average Bonchev–Trinajstić information content (AvgIpc) is 3.30. The van der Waals surface area contributed by atoms with Gasteiger partial charge in [0, 0.05) is 11.3 Å². The predicted octanol–water partition coefficient (Wildman–Crippen LogP) is 3.41. The maximum Gasteiger partial charge on any atom is 0.223 e. The number of benzene rings is 1. The Kier molecular flexibility index (Phi) is 2.40. The topological polar surface area (TPSA) is 42.2 Å². The van der Waals surface area contributed by atoms with Gasteiger partial charge < -0.3 is 9.73 Å². The Morgan fingerprint density at radius 3 is 2.68 bits per heavy atom. The molecule has 2 fully saturated rings. The zero-order valence-electron chi connectivity index (χ0n) is 10.8. The van der Waals surface area contributed by atoms with Crippen LogP contribution < -0.4 is 5.32 Å². The molecule has 1 unspecified atom stereocenters. The van der Waals surface area contributed by atoms with Crippen molar-refractivity contribution in [1.29, 1.82) is 0 Å². The maximum absolute atomic E-state index is 12.0. The van der Waals surface area contributed by atoms with E-state index in [1.807, 2.05) is 18.2 Å². The quantitative estimate of drug-likeness (QED) is 0.909. The van der Waals surface area contributed by atoms with E-state index in [1.54, 1.807) is 0 Å². The summed E-state index contributed by atoms with van der Waals surface area (Å²) in [6, 6.07) is 10.2. The minimum Gasteiger partial charge on any atom is -0.459 e. The van der Waals surface area contributed by atoms with Gasteiger partial charge in [0.15, 0.2) is 0 Å². The van der Waals surface area contributed by atoms with Crippen molar-refractivity contribution in [3.8, 4) is 0 Å². The van der Waals surface area contributed by atoms with Gasteiger partial charge in [-0.1, -0.05) is 18.2 Å². The van der Waals surface area contributed by atoms with Gasteiger partial charge in [-0.25, -0.2) is 0 Å².